The van der Waals surface area contributed by atoms with Gasteiger partial charge in [0.1, 0.15) is 0 Å². The Hall–Kier alpha value is -0.130. The summed E-state index contributed by atoms with van der Waals surface area (Å²) in [4.78, 5) is 0. The summed E-state index contributed by atoms with van der Waals surface area (Å²) in [6.45, 7) is 0. The van der Waals surface area contributed by atoms with Crippen molar-refractivity contribution in [3.8, 4) is 0 Å². The van der Waals surface area contributed by atoms with Gasteiger partial charge < -0.3 is 9.47 Å². The van der Waals surface area contributed by atoms with Crippen molar-refractivity contribution in [2.24, 2.45) is 0 Å². The summed E-state index contributed by atoms with van der Waals surface area (Å²) in [5.41, 5.74) is 1.25. The van der Waals surface area contributed by atoms with E-state index in [1.807, 2.05) is 0 Å². The highest BCUT2D eigenvalue weighted by atomic mass is 127. The highest BCUT2D eigenvalue weighted by Gasteiger charge is 2.25. The SMILES string of the molecule is CO[C@H]1CC[C@H](c2ccc(I)cc2)O1. The summed E-state index contributed by atoms with van der Waals surface area (Å²) < 4.78 is 12.1. The molecule has 3 heteroatoms. The average molecular weight is 304 g/mol. The normalized spacial score (nSPS) is 26.7. The van der Waals surface area contributed by atoms with Crippen LogP contribution in [-0.2, 0) is 9.47 Å². The maximum atomic E-state index is 5.71. The van der Waals surface area contributed by atoms with Crippen molar-refractivity contribution in [3.63, 3.8) is 0 Å². The van der Waals surface area contributed by atoms with E-state index in [1.165, 1.54) is 9.13 Å². The van der Waals surface area contributed by atoms with Crippen LogP contribution in [0.4, 0.5) is 0 Å². The van der Waals surface area contributed by atoms with Gasteiger partial charge in [0.15, 0.2) is 6.29 Å². The molecule has 0 saturated carbocycles. The van der Waals surface area contributed by atoms with Crippen molar-refractivity contribution in [3.05, 3.63) is 33.4 Å². The second-order valence-electron chi connectivity index (χ2n) is 3.42. The van der Waals surface area contributed by atoms with Gasteiger partial charge in [0.2, 0.25) is 0 Å². The van der Waals surface area contributed by atoms with Crippen molar-refractivity contribution in [1.29, 1.82) is 0 Å². The van der Waals surface area contributed by atoms with Crippen LogP contribution in [0.2, 0.25) is 0 Å². The third kappa shape index (κ3) is 2.27. The number of hydrogen-bond donors (Lipinski definition) is 0. The minimum atomic E-state index is -0.0146. The van der Waals surface area contributed by atoms with E-state index in [0.29, 0.717) is 0 Å². The lowest BCUT2D eigenvalue weighted by atomic mass is 10.1. The Labute approximate surface area is 97.7 Å². The van der Waals surface area contributed by atoms with E-state index in [1.54, 1.807) is 7.11 Å². The first-order chi connectivity index (χ1) is 6.79. The zero-order chi connectivity index (χ0) is 9.97. The van der Waals surface area contributed by atoms with Gasteiger partial charge in [-0.3, -0.25) is 0 Å². The molecule has 76 valence electrons. The number of halogens is 1. The van der Waals surface area contributed by atoms with Crippen LogP contribution in [0.3, 0.4) is 0 Å². The van der Waals surface area contributed by atoms with Crippen LogP contribution in [0.5, 0.6) is 0 Å². The molecule has 0 unspecified atom stereocenters. The molecular weight excluding hydrogens is 291 g/mol. The lowest BCUT2D eigenvalue weighted by Gasteiger charge is -2.12. The molecule has 1 aliphatic rings. The minimum Gasteiger partial charge on any atom is -0.356 e. The maximum Gasteiger partial charge on any atom is 0.158 e. The van der Waals surface area contributed by atoms with E-state index in [4.69, 9.17) is 9.47 Å². The summed E-state index contributed by atoms with van der Waals surface area (Å²) in [6.07, 6.45) is 2.25. The van der Waals surface area contributed by atoms with Gasteiger partial charge in [-0.2, -0.15) is 0 Å². The Balaban J connectivity index is 2.06. The van der Waals surface area contributed by atoms with Gasteiger partial charge in [-0.15, -0.1) is 0 Å². The second-order valence-corrected chi connectivity index (χ2v) is 4.66. The van der Waals surface area contributed by atoms with Crippen LogP contribution >= 0.6 is 22.6 Å². The predicted molar refractivity (Wildman–Crippen MR) is 63.0 cm³/mol. The van der Waals surface area contributed by atoms with Gasteiger partial charge in [-0.05, 0) is 46.7 Å². The highest BCUT2D eigenvalue weighted by molar-refractivity contribution is 14.1. The quantitative estimate of drug-likeness (QED) is 0.782. The maximum absolute atomic E-state index is 5.71. The molecule has 1 aromatic rings. The number of benzene rings is 1. The molecule has 1 fully saturated rings. The zero-order valence-electron chi connectivity index (χ0n) is 8.07. The summed E-state index contributed by atoms with van der Waals surface area (Å²) >= 11 is 2.31. The van der Waals surface area contributed by atoms with Crippen LogP contribution in [0, 0.1) is 3.57 Å². The lowest BCUT2D eigenvalue weighted by Crippen LogP contribution is -2.08. The standard InChI is InChI=1S/C11H13IO2/c1-13-11-7-6-10(14-11)8-2-4-9(12)5-3-8/h2-5,10-11H,6-7H2,1H3/t10-,11-/m1/s1. The summed E-state index contributed by atoms with van der Waals surface area (Å²) in [7, 11) is 1.70. The molecular formula is C11H13IO2. The first-order valence-electron chi connectivity index (χ1n) is 4.73. The van der Waals surface area contributed by atoms with E-state index in [2.05, 4.69) is 46.9 Å². The largest absolute Gasteiger partial charge is 0.356 e. The molecule has 0 bridgehead atoms. The molecule has 1 heterocycles. The van der Waals surface area contributed by atoms with Gasteiger partial charge in [0, 0.05) is 17.1 Å². The number of rotatable bonds is 2. The van der Waals surface area contributed by atoms with E-state index < -0.39 is 0 Å². The number of methoxy groups -OCH3 is 1. The summed E-state index contributed by atoms with van der Waals surface area (Å²) in [5, 5.41) is 0. The van der Waals surface area contributed by atoms with Crippen LogP contribution in [0.25, 0.3) is 0 Å². The molecule has 0 spiro atoms. The molecule has 0 amide bonds. The molecule has 1 aromatic carbocycles. The van der Waals surface area contributed by atoms with Gasteiger partial charge >= 0.3 is 0 Å². The topological polar surface area (TPSA) is 18.5 Å². The van der Waals surface area contributed by atoms with E-state index in [0.717, 1.165) is 12.8 Å². The number of ether oxygens (including phenoxy) is 2. The first kappa shape index (κ1) is 10.4. The molecule has 0 radical (unpaired) electrons. The Morgan fingerprint density at radius 3 is 2.57 bits per heavy atom. The van der Waals surface area contributed by atoms with Crippen LogP contribution < -0.4 is 0 Å². The van der Waals surface area contributed by atoms with Crippen LogP contribution in [0.1, 0.15) is 24.5 Å². The Bertz CT molecular complexity index is 297. The Kier molecular flexibility index (Phi) is 3.41. The molecule has 2 nitrogen and oxygen atoms in total. The molecule has 1 saturated heterocycles. The molecule has 0 aliphatic carbocycles. The minimum absolute atomic E-state index is 0.0146. The Morgan fingerprint density at radius 2 is 2.00 bits per heavy atom. The molecule has 1 aliphatic heterocycles. The smallest absolute Gasteiger partial charge is 0.158 e. The third-order valence-electron chi connectivity index (χ3n) is 2.49. The van der Waals surface area contributed by atoms with Gasteiger partial charge in [-0.1, -0.05) is 12.1 Å². The number of hydrogen-bond acceptors (Lipinski definition) is 2. The van der Waals surface area contributed by atoms with Crippen molar-refractivity contribution in [2.75, 3.05) is 7.11 Å². The van der Waals surface area contributed by atoms with E-state index in [-0.39, 0.29) is 12.4 Å². The molecule has 14 heavy (non-hydrogen) atoms. The van der Waals surface area contributed by atoms with Gasteiger partial charge in [-0.25, -0.2) is 0 Å². The van der Waals surface area contributed by atoms with Gasteiger partial charge in [0.25, 0.3) is 0 Å². The summed E-state index contributed by atoms with van der Waals surface area (Å²) in [5.74, 6) is 0. The second kappa shape index (κ2) is 4.59. The summed E-state index contributed by atoms with van der Waals surface area (Å²) in [6, 6.07) is 8.48. The fourth-order valence-corrected chi connectivity index (χ4v) is 2.06. The lowest BCUT2D eigenvalue weighted by molar-refractivity contribution is -0.115. The van der Waals surface area contributed by atoms with Crippen molar-refractivity contribution < 1.29 is 9.47 Å². The van der Waals surface area contributed by atoms with E-state index in [9.17, 15) is 0 Å². The predicted octanol–water partition coefficient (Wildman–Crippen LogP) is 3.12. The fourth-order valence-electron chi connectivity index (χ4n) is 1.70. The first-order valence-corrected chi connectivity index (χ1v) is 5.81. The average Bonchev–Trinajstić information content (AvgIpc) is 2.67. The van der Waals surface area contributed by atoms with Crippen molar-refractivity contribution >= 4 is 22.6 Å². The highest BCUT2D eigenvalue weighted by Crippen LogP contribution is 2.32. The monoisotopic (exact) mass is 304 g/mol. The third-order valence-corrected chi connectivity index (χ3v) is 3.20. The Morgan fingerprint density at radius 1 is 1.29 bits per heavy atom. The fraction of sp³-hybridized carbons (Fsp3) is 0.455. The van der Waals surface area contributed by atoms with Crippen LogP contribution in [0.15, 0.2) is 24.3 Å². The molecule has 0 aromatic heterocycles. The zero-order valence-corrected chi connectivity index (χ0v) is 10.2. The van der Waals surface area contributed by atoms with Crippen LogP contribution in [-0.4, -0.2) is 13.4 Å². The molecule has 0 N–H and O–H groups in total. The molecule has 2 atom stereocenters. The van der Waals surface area contributed by atoms with Crippen molar-refractivity contribution in [1.82, 2.24) is 0 Å². The van der Waals surface area contributed by atoms with Gasteiger partial charge in [0.05, 0.1) is 6.10 Å². The van der Waals surface area contributed by atoms with E-state index >= 15 is 0 Å². The molecule has 2 rings (SSSR count). The van der Waals surface area contributed by atoms with Crippen molar-refractivity contribution in [2.45, 2.75) is 25.2 Å².